The number of nitrogens with one attached hydrogen (secondary N) is 2. The highest BCUT2D eigenvalue weighted by atomic mass is 16.6. The first kappa shape index (κ1) is 116. The maximum atomic E-state index is 14.0. The molecule has 0 saturated heterocycles. The van der Waals surface area contributed by atoms with Crippen molar-refractivity contribution in [2.24, 2.45) is 5.92 Å². The van der Waals surface area contributed by atoms with Crippen LogP contribution in [0.15, 0.2) is 97.2 Å². The second kappa shape index (κ2) is 94.4. The lowest BCUT2D eigenvalue weighted by Gasteiger charge is -2.23. The first-order valence-electron chi connectivity index (χ1n) is 49.5. The molecular weight excluding hydrogens is 1550 g/mol. The minimum atomic E-state index is -0.794. The van der Waals surface area contributed by atoms with Crippen LogP contribution in [0.25, 0.3) is 0 Å². The number of unbranched alkanes of at least 4 members (excludes halogenated alkanes) is 32. The number of rotatable bonds is 92. The predicted octanol–water partition coefficient (Wildman–Crippen LogP) is 23.7. The second-order valence-electron chi connectivity index (χ2n) is 32.6. The fraction of sp³-hybridized carbons (Fsp3) is 0.757. The normalized spacial score (nSPS) is 12.1. The van der Waals surface area contributed by atoms with Crippen LogP contribution in [0.1, 0.15) is 394 Å². The summed E-state index contributed by atoms with van der Waals surface area (Å²) in [7, 11) is 0. The minimum Gasteiger partial charge on any atom is -0.464 e. The molecule has 1 atom stereocenters. The van der Waals surface area contributed by atoms with Crippen LogP contribution in [0.5, 0.6) is 0 Å². The van der Waals surface area contributed by atoms with Gasteiger partial charge >= 0.3 is 23.9 Å². The molecule has 4 amide bonds. The lowest BCUT2D eigenvalue weighted by Crippen LogP contribution is -2.38. The first-order chi connectivity index (χ1) is 60.3. The fourth-order valence-corrected chi connectivity index (χ4v) is 13.7. The predicted molar refractivity (Wildman–Crippen MR) is 504 cm³/mol. The molecule has 0 aromatic carbocycles. The molecule has 2 N–H and O–H groups in total. The van der Waals surface area contributed by atoms with Gasteiger partial charge < -0.3 is 53.6 Å². The van der Waals surface area contributed by atoms with Crippen LogP contribution in [0.2, 0.25) is 0 Å². The van der Waals surface area contributed by atoms with Gasteiger partial charge in [0, 0.05) is 90.0 Å². The number of carbonyl (C=O) groups excluding carboxylic acids is 9. The van der Waals surface area contributed by atoms with Crippen molar-refractivity contribution in [3.8, 4) is 0 Å². The second-order valence-corrected chi connectivity index (χ2v) is 32.6. The van der Waals surface area contributed by atoms with E-state index in [4.69, 9.17) is 33.2 Å². The Morgan fingerprint density at radius 2 is 0.553 bits per heavy atom. The molecule has 0 aliphatic carbocycles. The van der Waals surface area contributed by atoms with Gasteiger partial charge in [0.2, 0.25) is 23.6 Å². The van der Waals surface area contributed by atoms with Crippen LogP contribution in [0.4, 0.5) is 0 Å². The van der Waals surface area contributed by atoms with Crippen LogP contribution in [0, 0.1) is 5.92 Å². The van der Waals surface area contributed by atoms with Gasteiger partial charge in [-0.1, -0.05) is 253 Å². The third-order valence-electron chi connectivity index (χ3n) is 21.3. The molecule has 0 rings (SSSR count). The van der Waals surface area contributed by atoms with Crippen molar-refractivity contribution in [2.75, 3.05) is 105 Å². The summed E-state index contributed by atoms with van der Waals surface area (Å²) in [4.78, 5) is 124. The van der Waals surface area contributed by atoms with E-state index in [0.29, 0.717) is 78.2 Å². The fourth-order valence-electron chi connectivity index (χ4n) is 13.7. The SMILES string of the molecule is CCCCC/C=C\C/C=C\CCCCCCCC(=O)OCCN(CCOC(=O)CCCCCCC/C=C\C/C=C\CCCCC)C(=O)CCC(=O)C[C@@H](CCCNC(=O)CCC(=O)N(CCOC(=O)CCCCCCC/C=C\C/C=C\CCCCC)CCOC(=O)CCCCCCC/C=C\C/C=C\CCCCC)C(=O)NCCCOCCOCCOCC. The number of carbonyl (C=O) groups is 9. The molecule has 0 aliphatic heterocycles. The van der Waals surface area contributed by atoms with E-state index < -0.39 is 11.8 Å². The van der Waals surface area contributed by atoms with E-state index in [1.165, 1.54) is 86.8 Å². The van der Waals surface area contributed by atoms with E-state index in [0.717, 1.165) is 180 Å². The Morgan fingerprint density at radius 3 is 0.878 bits per heavy atom. The zero-order valence-corrected chi connectivity index (χ0v) is 78.7. The molecule has 0 aromatic rings. The van der Waals surface area contributed by atoms with Gasteiger partial charge in [-0.25, -0.2) is 0 Å². The Bertz CT molecular complexity index is 2670. The highest BCUT2D eigenvalue weighted by molar-refractivity contribution is 5.89. The molecule has 0 bridgehead atoms. The number of ketones is 1. The van der Waals surface area contributed by atoms with E-state index in [9.17, 15) is 43.2 Å². The number of hydrogen-bond donors (Lipinski definition) is 2. The van der Waals surface area contributed by atoms with Crippen molar-refractivity contribution in [1.29, 1.82) is 0 Å². The zero-order chi connectivity index (χ0) is 89.5. The molecular formula is C103H178N4O16. The van der Waals surface area contributed by atoms with Gasteiger partial charge in [-0.15, -0.1) is 0 Å². The summed E-state index contributed by atoms with van der Waals surface area (Å²) >= 11 is 0. The summed E-state index contributed by atoms with van der Waals surface area (Å²) in [5, 5.41) is 5.83. The van der Waals surface area contributed by atoms with Gasteiger partial charge in [-0.3, -0.25) is 43.2 Å². The molecule has 0 unspecified atom stereocenters. The van der Waals surface area contributed by atoms with Gasteiger partial charge in [-0.2, -0.15) is 0 Å². The molecule has 20 heteroatoms. The molecule has 0 spiro atoms. The third kappa shape index (κ3) is 85.8. The lowest BCUT2D eigenvalue weighted by atomic mass is 9.94. The Hall–Kier alpha value is -6.77. The van der Waals surface area contributed by atoms with Crippen molar-refractivity contribution < 1.29 is 76.3 Å². The Morgan fingerprint density at radius 1 is 0.268 bits per heavy atom. The quantitative estimate of drug-likeness (QED) is 0.0249. The summed E-state index contributed by atoms with van der Waals surface area (Å²) in [6.45, 7) is 13.9. The summed E-state index contributed by atoms with van der Waals surface area (Å²) in [6.07, 6.45) is 84.3. The zero-order valence-electron chi connectivity index (χ0n) is 78.7. The number of esters is 4. The van der Waals surface area contributed by atoms with Gasteiger partial charge in [0.05, 0.1) is 52.6 Å². The van der Waals surface area contributed by atoms with E-state index >= 15 is 0 Å². The molecule has 0 saturated carbocycles. The van der Waals surface area contributed by atoms with Crippen molar-refractivity contribution >= 4 is 53.3 Å². The molecule has 0 heterocycles. The summed E-state index contributed by atoms with van der Waals surface area (Å²) in [5.74, 6) is -3.99. The van der Waals surface area contributed by atoms with Crippen LogP contribution in [-0.4, -0.2) is 168 Å². The Kier molecular flexibility index (Phi) is 89.2. The smallest absolute Gasteiger partial charge is 0.305 e. The highest BCUT2D eigenvalue weighted by Gasteiger charge is 2.25. The summed E-state index contributed by atoms with van der Waals surface area (Å²) in [6, 6.07) is 0. The number of nitrogens with zero attached hydrogens (tertiary/aromatic N) is 2. The highest BCUT2D eigenvalue weighted by Crippen LogP contribution is 2.19. The van der Waals surface area contributed by atoms with E-state index in [1.54, 1.807) is 0 Å². The van der Waals surface area contributed by atoms with Crippen LogP contribution >= 0.6 is 0 Å². The topological polar surface area (TPSA) is 249 Å². The van der Waals surface area contributed by atoms with Gasteiger partial charge in [0.15, 0.2) is 0 Å². The van der Waals surface area contributed by atoms with E-state index in [-0.39, 0.29) is 177 Å². The molecule has 0 aromatic heterocycles. The van der Waals surface area contributed by atoms with Gasteiger partial charge in [-0.05, 0) is 180 Å². The van der Waals surface area contributed by atoms with E-state index in [1.807, 2.05) is 6.92 Å². The van der Waals surface area contributed by atoms with Gasteiger partial charge in [0.1, 0.15) is 32.2 Å². The number of hydrogen-bond acceptors (Lipinski definition) is 16. The molecule has 0 fully saturated rings. The maximum Gasteiger partial charge on any atom is 0.305 e. The number of allylic oxidation sites excluding steroid dienone is 16. The molecule has 123 heavy (non-hydrogen) atoms. The maximum absolute atomic E-state index is 14.0. The largest absolute Gasteiger partial charge is 0.464 e. The Labute approximate surface area is 748 Å². The molecule has 706 valence electrons. The van der Waals surface area contributed by atoms with Crippen molar-refractivity contribution in [1.82, 2.24) is 20.4 Å². The third-order valence-corrected chi connectivity index (χ3v) is 21.3. The molecule has 0 radical (unpaired) electrons. The van der Waals surface area contributed by atoms with Crippen molar-refractivity contribution in [3.63, 3.8) is 0 Å². The van der Waals surface area contributed by atoms with Crippen LogP contribution in [-0.2, 0) is 76.3 Å². The van der Waals surface area contributed by atoms with Gasteiger partial charge in [0.25, 0.3) is 0 Å². The number of amides is 4. The standard InChI is InChI=1S/C103H178N4O16/c1-6-11-15-19-23-27-31-35-39-43-47-51-55-59-63-70-99(112)120-85-80-106(81-86-121-100(113)71-64-60-56-52-48-44-40-36-32-28-24-20-16-12-7-2)97(110)76-74-95(108)93-94(103(116)105-79-68-84-118-91-92-119-90-89-117-10-5)69-67-78-104-96(109)75-77-98(111)107(82-87-122-101(114)72-65-61-57-53-49-45-41-37-33-29-25-21-17-13-8-3)83-88-123-102(115)73-66-62-58-54-50-46-42-38-34-30-26-22-18-14-9-4/h23-30,35-42,94H,6-22,31-34,43-93H2,1-5H3,(H,104,109)(H,105,116)/b27-23-,28-24-,29-25-,30-26-,39-35-,40-36-,41-37-,42-38-/t94-/m1/s1. The average molecular weight is 1730 g/mol. The minimum absolute atomic E-state index is 0.0422. The number of Topliss-reactive ketones (excluding diaryl/α,β-unsaturated/α-hetero) is 1. The average Bonchev–Trinajstić information content (AvgIpc) is 0.917. The first-order valence-corrected chi connectivity index (χ1v) is 49.5. The molecule has 20 nitrogen and oxygen atoms in total. The van der Waals surface area contributed by atoms with Crippen LogP contribution < -0.4 is 10.6 Å². The summed E-state index contributed by atoms with van der Waals surface area (Å²) in [5.41, 5.74) is 0. The number of ether oxygens (including phenoxy) is 7. The van der Waals surface area contributed by atoms with Crippen LogP contribution in [0.3, 0.4) is 0 Å². The molecule has 0 aliphatic rings. The summed E-state index contributed by atoms with van der Waals surface area (Å²) < 4.78 is 39.0. The van der Waals surface area contributed by atoms with Crippen molar-refractivity contribution in [2.45, 2.75) is 394 Å². The van der Waals surface area contributed by atoms with E-state index in [2.05, 4.69) is 136 Å². The lowest BCUT2D eigenvalue weighted by molar-refractivity contribution is -0.148. The van der Waals surface area contributed by atoms with Crippen molar-refractivity contribution in [3.05, 3.63) is 97.2 Å². The monoisotopic (exact) mass is 1730 g/mol. The Balaban J connectivity index is 5.93.